The van der Waals surface area contributed by atoms with Gasteiger partial charge in [-0.05, 0) is 42.3 Å². The first kappa shape index (κ1) is 16.9. The fourth-order valence-electron chi connectivity index (χ4n) is 3.97. The molecular weight excluding hydrogens is 404 g/mol. The maximum Gasteiger partial charge on any atom is 0.295 e. The van der Waals surface area contributed by atoms with Crippen molar-refractivity contribution in [1.82, 2.24) is 19.6 Å². The molecule has 4 heterocycles. The van der Waals surface area contributed by atoms with Crippen LogP contribution in [0.5, 0.6) is 0 Å². The average molecular weight is 419 g/mol. The highest BCUT2D eigenvalue weighted by atomic mass is 32.1. The van der Waals surface area contributed by atoms with Gasteiger partial charge in [0, 0.05) is 9.58 Å². The van der Waals surface area contributed by atoms with Crippen molar-refractivity contribution in [2.75, 3.05) is 0 Å². The van der Waals surface area contributed by atoms with E-state index in [9.17, 15) is 9.59 Å². The molecule has 6 rings (SSSR count). The summed E-state index contributed by atoms with van der Waals surface area (Å²) < 4.78 is 2.60. The number of ketones is 1. The van der Waals surface area contributed by atoms with Crippen molar-refractivity contribution in [1.29, 1.82) is 0 Å². The molecule has 0 radical (unpaired) electrons. The van der Waals surface area contributed by atoms with Crippen molar-refractivity contribution in [2.24, 2.45) is 0 Å². The maximum atomic E-state index is 12.8. The highest BCUT2D eigenvalue weighted by molar-refractivity contribution is 7.20. The molecule has 0 aliphatic heterocycles. The first-order valence-corrected chi connectivity index (χ1v) is 11.0. The zero-order valence-electron chi connectivity index (χ0n) is 15.2. The summed E-state index contributed by atoms with van der Waals surface area (Å²) in [4.78, 5) is 37.1. The summed E-state index contributed by atoms with van der Waals surface area (Å²) in [7, 11) is 0. The van der Waals surface area contributed by atoms with Gasteiger partial charge in [0.05, 0.1) is 16.7 Å². The van der Waals surface area contributed by atoms with E-state index in [0.29, 0.717) is 10.5 Å². The van der Waals surface area contributed by atoms with Crippen molar-refractivity contribution in [3.63, 3.8) is 0 Å². The number of carbonyl (C=O) groups is 1. The van der Waals surface area contributed by atoms with Crippen molar-refractivity contribution in [3.05, 3.63) is 68.0 Å². The highest BCUT2D eigenvalue weighted by Gasteiger charge is 2.22. The molecule has 142 valence electrons. The molecule has 1 aromatic carbocycles. The van der Waals surface area contributed by atoms with Crippen LogP contribution in [0.4, 0.5) is 0 Å². The number of hydrogen-bond donors (Lipinski definition) is 0. The molecule has 8 heteroatoms. The van der Waals surface area contributed by atoms with Crippen LogP contribution in [0.2, 0.25) is 0 Å². The molecule has 0 bridgehead atoms. The molecule has 0 saturated carbocycles. The molecule has 0 saturated heterocycles. The fraction of sp³-hybridized carbons (Fsp3) is 0.190. The Labute approximate surface area is 172 Å². The second-order valence-electron chi connectivity index (χ2n) is 7.16. The number of Topliss-reactive ketones (excluding diaryl/α,β-unsaturated/α-hetero) is 1. The van der Waals surface area contributed by atoms with Crippen LogP contribution in [0.15, 0.2) is 41.5 Å². The number of thiophene rings is 2. The lowest BCUT2D eigenvalue weighted by Gasteiger charge is -2.04. The Morgan fingerprint density at radius 1 is 1.17 bits per heavy atom. The number of benzene rings is 1. The Kier molecular flexibility index (Phi) is 3.66. The van der Waals surface area contributed by atoms with Gasteiger partial charge in [-0.1, -0.05) is 18.2 Å². The topological polar surface area (TPSA) is 77.2 Å². The first-order chi connectivity index (χ1) is 14.2. The Hall–Kier alpha value is -2.97. The minimum atomic E-state index is -0.440. The van der Waals surface area contributed by atoms with Crippen molar-refractivity contribution < 1.29 is 4.79 Å². The lowest BCUT2D eigenvalue weighted by Crippen LogP contribution is -2.22. The molecule has 6 nitrogen and oxygen atoms in total. The monoisotopic (exact) mass is 418 g/mol. The number of fused-ring (bicyclic) bond motifs is 6. The minimum absolute atomic E-state index is 0.0681. The molecule has 0 unspecified atom stereocenters. The number of hydrogen-bond acceptors (Lipinski definition) is 7. The minimum Gasteiger partial charge on any atom is -0.293 e. The fourth-order valence-corrected chi connectivity index (χ4v) is 6.19. The van der Waals surface area contributed by atoms with Gasteiger partial charge < -0.3 is 0 Å². The van der Waals surface area contributed by atoms with Crippen LogP contribution in [0, 0.1) is 0 Å². The van der Waals surface area contributed by atoms with Gasteiger partial charge in [0.15, 0.2) is 11.4 Å². The SMILES string of the molecule is O=C(Cc1nn2cnc3sc4c(c3c2nc1=O)CCC4)c1cc2ccccc2s1. The van der Waals surface area contributed by atoms with Crippen molar-refractivity contribution in [2.45, 2.75) is 25.7 Å². The van der Waals surface area contributed by atoms with Gasteiger partial charge in [-0.2, -0.15) is 10.1 Å². The molecule has 0 atom stereocenters. The quantitative estimate of drug-likeness (QED) is 0.416. The normalized spacial score (nSPS) is 13.5. The third kappa shape index (κ3) is 2.63. The van der Waals surface area contributed by atoms with E-state index in [2.05, 4.69) is 15.1 Å². The number of rotatable bonds is 3. The van der Waals surface area contributed by atoms with Gasteiger partial charge in [-0.15, -0.1) is 22.7 Å². The smallest absolute Gasteiger partial charge is 0.293 e. The maximum absolute atomic E-state index is 12.8. The van der Waals surface area contributed by atoms with E-state index in [1.807, 2.05) is 30.3 Å². The molecule has 1 aliphatic rings. The number of aryl methyl sites for hydroxylation is 2. The highest BCUT2D eigenvalue weighted by Crippen LogP contribution is 2.37. The summed E-state index contributed by atoms with van der Waals surface area (Å²) >= 11 is 3.11. The van der Waals surface area contributed by atoms with Gasteiger partial charge in [-0.25, -0.2) is 9.50 Å². The Balaban J connectivity index is 1.43. The van der Waals surface area contributed by atoms with Crippen LogP contribution >= 0.6 is 22.7 Å². The second kappa shape index (κ2) is 6.27. The summed E-state index contributed by atoms with van der Waals surface area (Å²) in [6, 6.07) is 9.72. The van der Waals surface area contributed by atoms with E-state index in [1.165, 1.54) is 21.8 Å². The predicted octanol–water partition coefficient (Wildman–Crippen LogP) is 3.83. The van der Waals surface area contributed by atoms with E-state index >= 15 is 0 Å². The number of nitrogens with zero attached hydrogens (tertiary/aromatic N) is 4. The average Bonchev–Trinajstić information content (AvgIpc) is 3.42. The van der Waals surface area contributed by atoms with Crippen LogP contribution in [-0.4, -0.2) is 25.4 Å². The lowest BCUT2D eigenvalue weighted by molar-refractivity contribution is 0.0995. The largest absolute Gasteiger partial charge is 0.295 e. The van der Waals surface area contributed by atoms with Crippen LogP contribution in [0.25, 0.3) is 25.9 Å². The van der Waals surface area contributed by atoms with Gasteiger partial charge >= 0.3 is 0 Å². The first-order valence-electron chi connectivity index (χ1n) is 9.38. The molecule has 0 fully saturated rings. The molecule has 0 N–H and O–H groups in total. The third-order valence-corrected chi connectivity index (χ3v) is 7.70. The molecule has 0 amide bonds. The molecule has 4 aromatic heterocycles. The van der Waals surface area contributed by atoms with Gasteiger partial charge in [0.1, 0.15) is 16.9 Å². The Bertz CT molecular complexity index is 1480. The predicted molar refractivity (Wildman–Crippen MR) is 114 cm³/mol. The van der Waals surface area contributed by atoms with E-state index in [4.69, 9.17) is 0 Å². The van der Waals surface area contributed by atoms with Gasteiger partial charge in [0.25, 0.3) is 5.56 Å². The summed E-state index contributed by atoms with van der Waals surface area (Å²) in [6.07, 6.45) is 4.68. The number of carbonyl (C=O) groups excluding carboxylic acids is 1. The van der Waals surface area contributed by atoms with Crippen LogP contribution < -0.4 is 5.56 Å². The second-order valence-corrected chi connectivity index (χ2v) is 9.33. The zero-order chi connectivity index (χ0) is 19.5. The molecule has 29 heavy (non-hydrogen) atoms. The summed E-state index contributed by atoms with van der Waals surface area (Å²) in [5.41, 5.74) is 1.50. The Morgan fingerprint density at radius 2 is 2.07 bits per heavy atom. The van der Waals surface area contributed by atoms with Crippen molar-refractivity contribution in [3.8, 4) is 0 Å². The molecule has 0 spiro atoms. The third-order valence-electron chi connectivity index (χ3n) is 5.34. The van der Waals surface area contributed by atoms with E-state index in [-0.39, 0.29) is 17.9 Å². The standard InChI is InChI=1S/C21H14N4O2S2/c26-14(17-8-11-4-1-2-6-15(11)28-17)9-13-20(27)23-19-18-12-5-3-7-16(12)29-21(18)22-10-25(19)24-13/h1-2,4,6,8,10H,3,5,7,9H2. The van der Waals surface area contributed by atoms with Crippen LogP contribution in [0.3, 0.4) is 0 Å². The summed E-state index contributed by atoms with van der Waals surface area (Å²) in [5.74, 6) is -0.122. The van der Waals surface area contributed by atoms with Gasteiger partial charge in [0.2, 0.25) is 0 Å². The summed E-state index contributed by atoms with van der Waals surface area (Å²) in [5, 5.41) is 6.39. The lowest BCUT2D eigenvalue weighted by atomic mass is 10.1. The van der Waals surface area contributed by atoms with Gasteiger partial charge in [-0.3, -0.25) is 9.59 Å². The number of aromatic nitrogens is 4. The van der Waals surface area contributed by atoms with Crippen LogP contribution in [-0.2, 0) is 19.3 Å². The van der Waals surface area contributed by atoms with E-state index in [1.54, 1.807) is 22.2 Å². The molecule has 1 aliphatic carbocycles. The zero-order valence-corrected chi connectivity index (χ0v) is 16.8. The van der Waals surface area contributed by atoms with Crippen LogP contribution in [0.1, 0.15) is 32.2 Å². The molecular formula is C21H14N4O2S2. The van der Waals surface area contributed by atoms with E-state index in [0.717, 1.165) is 39.6 Å². The van der Waals surface area contributed by atoms with E-state index < -0.39 is 5.56 Å². The Morgan fingerprint density at radius 3 is 2.97 bits per heavy atom. The molecule has 5 aromatic rings. The van der Waals surface area contributed by atoms with Crippen molar-refractivity contribution >= 4 is 54.4 Å². The summed E-state index contributed by atoms with van der Waals surface area (Å²) in [6.45, 7) is 0.